The fourth-order valence-electron chi connectivity index (χ4n) is 2.26. The van der Waals surface area contributed by atoms with E-state index in [0.29, 0.717) is 0 Å². The van der Waals surface area contributed by atoms with E-state index in [1.165, 1.54) is 0 Å². The van der Waals surface area contributed by atoms with Gasteiger partial charge in [-0.15, -0.1) is 0 Å². The van der Waals surface area contributed by atoms with Crippen molar-refractivity contribution in [2.45, 2.75) is 6.42 Å². The molecule has 0 bridgehead atoms. The van der Waals surface area contributed by atoms with Crippen molar-refractivity contribution in [3.05, 3.63) is 23.8 Å². The molecule has 0 fully saturated rings. The molecular formula is C13H14N2O3. The lowest BCUT2D eigenvalue weighted by molar-refractivity contribution is 0.394. The number of aromatic nitrogens is 1. The molecule has 0 amide bonds. The largest absolute Gasteiger partial charge is 0.496 e. The number of ether oxygens (including phenoxy) is 2. The first-order valence-corrected chi connectivity index (χ1v) is 5.79. The van der Waals surface area contributed by atoms with Crippen LogP contribution in [0.1, 0.15) is 5.56 Å². The van der Waals surface area contributed by atoms with E-state index in [9.17, 15) is 0 Å². The van der Waals surface area contributed by atoms with E-state index in [1.807, 2.05) is 18.2 Å². The lowest BCUT2D eigenvalue weighted by Crippen LogP contribution is -1.96. The summed E-state index contributed by atoms with van der Waals surface area (Å²) in [4.78, 5) is 0. The first kappa shape index (κ1) is 11.0. The third kappa shape index (κ3) is 1.51. The highest BCUT2D eigenvalue weighted by atomic mass is 16.5. The topological polar surface area (TPSA) is 56.5 Å². The number of anilines is 1. The zero-order chi connectivity index (χ0) is 12.5. The van der Waals surface area contributed by atoms with Crippen molar-refractivity contribution < 1.29 is 14.0 Å². The molecule has 1 aliphatic heterocycles. The van der Waals surface area contributed by atoms with Gasteiger partial charge >= 0.3 is 0 Å². The number of methoxy groups -OCH3 is 2. The molecule has 1 aromatic heterocycles. The summed E-state index contributed by atoms with van der Waals surface area (Å²) in [6.07, 6.45) is 0.898. The summed E-state index contributed by atoms with van der Waals surface area (Å²) in [6, 6.07) is 5.67. The average Bonchev–Trinajstić information content (AvgIpc) is 3.00. The Morgan fingerprint density at radius 3 is 2.61 bits per heavy atom. The predicted molar refractivity (Wildman–Crippen MR) is 67.2 cm³/mol. The summed E-state index contributed by atoms with van der Waals surface area (Å²) in [7, 11) is 3.27. The molecule has 5 heteroatoms. The number of hydrogen-bond donors (Lipinski definition) is 1. The molecule has 0 atom stereocenters. The molecule has 5 nitrogen and oxygen atoms in total. The minimum absolute atomic E-state index is 0.734. The Balaban J connectivity index is 2.21. The third-order valence-electron chi connectivity index (χ3n) is 3.11. The molecule has 18 heavy (non-hydrogen) atoms. The standard InChI is InChI=1S/C13H14N2O3/c1-16-9-4-3-5-10(17-2)11(9)12-8-6-7-14-13(8)18-15-12/h3-5,14H,6-7H2,1-2H3. The Bertz CT molecular complexity index is 555. The van der Waals surface area contributed by atoms with Crippen LogP contribution in [0.4, 0.5) is 5.88 Å². The molecule has 0 saturated carbocycles. The number of rotatable bonds is 3. The van der Waals surface area contributed by atoms with E-state index < -0.39 is 0 Å². The van der Waals surface area contributed by atoms with E-state index in [-0.39, 0.29) is 0 Å². The third-order valence-corrected chi connectivity index (χ3v) is 3.11. The van der Waals surface area contributed by atoms with Crippen molar-refractivity contribution in [2.24, 2.45) is 0 Å². The van der Waals surface area contributed by atoms with E-state index in [1.54, 1.807) is 14.2 Å². The lowest BCUT2D eigenvalue weighted by atomic mass is 10.0. The van der Waals surface area contributed by atoms with Crippen molar-refractivity contribution in [3.63, 3.8) is 0 Å². The van der Waals surface area contributed by atoms with Crippen LogP contribution in [0, 0.1) is 0 Å². The average molecular weight is 246 g/mol. The lowest BCUT2D eigenvalue weighted by Gasteiger charge is -2.11. The highest BCUT2D eigenvalue weighted by molar-refractivity contribution is 5.79. The molecule has 3 rings (SSSR count). The number of nitrogens with zero attached hydrogens (tertiary/aromatic N) is 1. The molecule has 0 spiro atoms. The normalized spacial score (nSPS) is 13.0. The van der Waals surface area contributed by atoms with E-state index in [2.05, 4.69) is 10.5 Å². The molecule has 1 N–H and O–H groups in total. The second-order valence-electron chi connectivity index (χ2n) is 4.05. The zero-order valence-corrected chi connectivity index (χ0v) is 10.3. The van der Waals surface area contributed by atoms with Gasteiger partial charge in [0.15, 0.2) is 0 Å². The molecule has 2 aromatic rings. The van der Waals surface area contributed by atoms with Gasteiger partial charge in [-0.25, -0.2) is 0 Å². The quantitative estimate of drug-likeness (QED) is 0.900. The van der Waals surface area contributed by atoms with Crippen LogP contribution in [-0.2, 0) is 6.42 Å². The van der Waals surface area contributed by atoms with Gasteiger partial charge in [0, 0.05) is 12.1 Å². The van der Waals surface area contributed by atoms with Gasteiger partial charge in [-0.3, -0.25) is 0 Å². The van der Waals surface area contributed by atoms with Gasteiger partial charge in [0.2, 0.25) is 5.88 Å². The first-order valence-electron chi connectivity index (χ1n) is 5.79. The van der Waals surface area contributed by atoms with Crippen LogP contribution in [-0.4, -0.2) is 25.9 Å². The number of fused-ring (bicyclic) bond motifs is 1. The molecule has 0 radical (unpaired) electrons. The highest BCUT2D eigenvalue weighted by Crippen LogP contribution is 2.42. The maximum atomic E-state index is 5.39. The van der Waals surface area contributed by atoms with Crippen LogP contribution in [0.3, 0.4) is 0 Å². The minimum Gasteiger partial charge on any atom is -0.496 e. The predicted octanol–water partition coefficient (Wildman–Crippen LogP) is 2.33. The van der Waals surface area contributed by atoms with Gasteiger partial charge in [0.25, 0.3) is 0 Å². The van der Waals surface area contributed by atoms with Crippen LogP contribution in [0.25, 0.3) is 11.3 Å². The summed E-state index contributed by atoms with van der Waals surface area (Å²) < 4.78 is 16.1. The van der Waals surface area contributed by atoms with Crippen molar-refractivity contribution in [3.8, 4) is 22.8 Å². The Labute approximate surface area is 105 Å². The van der Waals surface area contributed by atoms with Crippen LogP contribution >= 0.6 is 0 Å². The number of benzene rings is 1. The van der Waals surface area contributed by atoms with Crippen molar-refractivity contribution in [1.29, 1.82) is 0 Å². The number of nitrogens with one attached hydrogen (secondary N) is 1. The van der Waals surface area contributed by atoms with Crippen LogP contribution in [0.5, 0.6) is 11.5 Å². The molecular weight excluding hydrogens is 232 g/mol. The highest BCUT2D eigenvalue weighted by Gasteiger charge is 2.26. The van der Waals surface area contributed by atoms with Gasteiger partial charge in [-0.05, 0) is 18.6 Å². The molecule has 1 aromatic carbocycles. The SMILES string of the molecule is COc1cccc(OC)c1-c1noc2c1CCN2. The van der Waals surface area contributed by atoms with Crippen LogP contribution in [0.2, 0.25) is 0 Å². The molecule has 0 unspecified atom stereocenters. The minimum atomic E-state index is 0.734. The maximum Gasteiger partial charge on any atom is 0.228 e. The summed E-state index contributed by atoms with van der Waals surface area (Å²) in [6.45, 7) is 0.876. The van der Waals surface area contributed by atoms with Crippen LogP contribution in [0.15, 0.2) is 22.7 Å². The summed E-state index contributed by atoms with van der Waals surface area (Å²) in [5, 5.41) is 7.28. The van der Waals surface area contributed by atoms with E-state index in [0.717, 1.165) is 47.2 Å². The molecule has 1 aliphatic rings. The Morgan fingerprint density at radius 2 is 1.94 bits per heavy atom. The zero-order valence-electron chi connectivity index (χ0n) is 10.3. The fraction of sp³-hybridized carbons (Fsp3) is 0.308. The van der Waals surface area contributed by atoms with Gasteiger partial charge in [0.1, 0.15) is 17.2 Å². The van der Waals surface area contributed by atoms with Gasteiger partial charge < -0.3 is 19.3 Å². The Kier molecular flexibility index (Phi) is 2.59. The van der Waals surface area contributed by atoms with E-state index >= 15 is 0 Å². The van der Waals surface area contributed by atoms with Crippen molar-refractivity contribution >= 4 is 5.88 Å². The van der Waals surface area contributed by atoms with Gasteiger partial charge in [-0.1, -0.05) is 11.2 Å². The maximum absolute atomic E-state index is 5.39. The molecule has 0 aliphatic carbocycles. The van der Waals surface area contributed by atoms with Crippen molar-refractivity contribution in [2.75, 3.05) is 26.1 Å². The van der Waals surface area contributed by atoms with E-state index in [4.69, 9.17) is 14.0 Å². The summed E-state index contributed by atoms with van der Waals surface area (Å²) >= 11 is 0. The summed E-state index contributed by atoms with van der Waals surface area (Å²) in [5.41, 5.74) is 2.72. The first-order chi connectivity index (χ1) is 8.85. The Hall–Kier alpha value is -2.17. The monoisotopic (exact) mass is 246 g/mol. The molecule has 0 saturated heterocycles. The smallest absolute Gasteiger partial charge is 0.228 e. The van der Waals surface area contributed by atoms with Crippen molar-refractivity contribution in [1.82, 2.24) is 5.16 Å². The van der Waals surface area contributed by atoms with Crippen LogP contribution < -0.4 is 14.8 Å². The van der Waals surface area contributed by atoms with Gasteiger partial charge in [-0.2, -0.15) is 0 Å². The Morgan fingerprint density at radius 1 is 1.22 bits per heavy atom. The second-order valence-corrected chi connectivity index (χ2v) is 4.05. The fourth-order valence-corrected chi connectivity index (χ4v) is 2.26. The molecule has 2 heterocycles. The van der Waals surface area contributed by atoms with Gasteiger partial charge in [0.05, 0.1) is 19.8 Å². The second kappa shape index (κ2) is 4.25. The summed E-state index contributed by atoms with van der Waals surface area (Å²) in [5.74, 6) is 2.22. The molecule has 94 valence electrons. The number of hydrogen-bond acceptors (Lipinski definition) is 5.